The Kier molecular flexibility index (Phi) is 4.64. The van der Waals surface area contributed by atoms with Crippen molar-refractivity contribution in [2.75, 3.05) is 0 Å². The van der Waals surface area contributed by atoms with Crippen molar-refractivity contribution in [3.05, 3.63) is 66.0 Å². The van der Waals surface area contributed by atoms with E-state index in [2.05, 4.69) is 15.5 Å². The summed E-state index contributed by atoms with van der Waals surface area (Å²) in [6, 6.07) is 9.93. The normalized spacial score (nSPS) is 12.1. The van der Waals surface area contributed by atoms with E-state index in [0.29, 0.717) is 5.69 Å². The highest BCUT2D eigenvalue weighted by molar-refractivity contribution is 7.86. The lowest BCUT2D eigenvalue weighted by Gasteiger charge is -2.10. The van der Waals surface area contributed by atoms with Crippen LogP contribution in [0.1, 0.15) is 11.1 Å². The maximum atomic E-state index is 12.7. The summed E-state index contributed by atoms with van der Waals surface area (Å²) in [5, 5.41) is 10.6. The fourth-order valence-electron chi connectivity index (χ4n) is 2.15. The van der Waals surface area contributed by atoms with Gasteiger partial charge in [-0.1, -0.05) is 18.2 Å². The average Bonchev–Trinajstić information content (AvgIpc) is 3.08. The van der Waals surface area contributed by atoms with Crippen LogP contribution < -0.4 is 4.18 Å². The van der Waals surface area contributed by atoms with Crippen molar-refractivity contribution in [2.24, 2.45) is 0 Å². The Morgan fingerprint density at radius 1 is 1.08 bits per heavy atom. The molecular formula is C15H11F3N4O3S. The number of alkyl halides is 3. The average molecular weight is 384 g/mol. The molecule has 3 aromatic rings. The first-order chi connectivity index (χ1) is 12.2. The van der Waals surface area contributed by atoms with Crippen molar-refractivity contribution < 1.29 is 25.8 Å². The Morgan fingerprint density at radius 2 is 1.81 bits per heavy atom. The van der Waals surface area contributed by atoms with E-state index in [-0.39, 0.29) is 11.3 Å². The van der Waals surface area contributed by atoms with Crippen molar-refractivity contribution in [3.8, 4) is 11.4 Å². The van der Waals surface area contributed by atoms with Gasteiger partial charge in [0.2, 0.25) is 0 Å². The van der Waals surface area contributed by atoms with Crippen LogP contribution in [0.3, 0.4) is 0 Å². The van der Waals surface area contributed by atoms with Crippen molar-refractivity contribution in [2.45, 2.75) is 11.9 Å². The first-order valence-corrected chi connectivity index (χ1v) is 8.72. The lowest BCUT2D eigenvalue weighted by atomic mass is 10.1. The molecule has 0 bridgehead atoms. The van der Waals surface area contributed by atoms with E-state index < -0.39 is 27.6 Å². The third kappa shape index (κ3) is 4.36. The second kappa shape index (κ2) is 6.75. The lowest BCUT2D eigenvalue weighted by molar-refractivity contribution is -0.137. The minimum absolute atomic E-state index is 0.0220. The number of aromatic nitrogens is 4. The molecule has 0 radical (unpaired) electrons. The fraction of sp³-hybridized carbons (Fsp3) is 0.133. The Bertz CT molecular complexity index is 988. The molecule has 0 aliphatic rings. The molecule has 3 rings (SSSR count). The highest BCUT2D eigenvalue weighted by Gasteiger charge is 2.30. The molecule has 0 amide bonds. The van der Waals surface area contributed by atoms with Crippen LogP contribution in [0.25, 0.3) is 5.69 Å². The smallest absolute Gasteiger partial charge is 0.382 e. The molecule has 2 aromatic carbocycles. The standard InChI is InChI=1S/C15H11F3N4O3S/c16-15(17,18)12-3-1-2-11(8-12)9-26(23,24)25-14-6-4-13(5-7-14)22-10-19-20-21-22/h1-8,10H,9H2. The van der Waals surface area contributed by atoms with Gasteiger partial charge in [-0.25, -0.2) is 4.68 Å². The van der Waals surface area contributed by atoms with Crippen LogP contribution in [0.5, 0.6) is 5.75 Å². The summed E-state index contributed by atoms with van der Waals surface area (Å²) < 4.78 is 68.6. The van der Waals surface area contributed by atoms with E-state index in [1.807, 2.05) is 0 Å². The van der Waals surface area contributed by atoms with Crippen molar-refractivity contribution in [1.82, 2.24) is 20.2 Å². The van der Waals surface area contributed by atoms with Crippen LogP contribution in [0, 0.1) is 0 Å². The second-order valence-corrected chi connectivity index (χ2v) is 6.80. The number of benzene rings is 2. The molecule has 1 heterocycles. The van der Waals surface area contributed by atoms with E-state index >= 15 is 0 Å². The summed E-state index contributed by atoms with van der Waals surface area (Å²) >= 11 is 0. The third-order valence-corrected chi connectivity index (χ3v) is 4.40. The Labute approximate surface area is 146 Å². The minimum atomic E-state index is -4.55. The third-order valence-electron chi connectivity index (χ3n) is 3.27. The Balaban J connectivity index is 1.73. The first-order valence-electron chi connectivity index (χ1n) is 7.15. The topological polar surface area (TPSA) is 87.0 Å². The molecule has 11 heteroatoms. The van der Waals surface area contributed by atoms with Crippen LogP contribution in [0.4, 0.5) is 13.2 Å². The van der Waals surface area contributed by atoms with Gasteiger partial charge in [-0.15, -0.1) is 5.10 Å². The predicted octanol–water partition coefficient (Wildman–Crippen LogP) is 2.59. The van der Waals surface area contributed by atoms with Gasteiger partial charge in [-0.2, -0.15) is 21.6 Å². The molecule has 0 aliphatic carbocycles. The zero-order valence-electron chi connectivity index (χ0n) is 13.0. The molecule has 0 saturated carbocycles. The largest absolute Gasteiger partial charge is 0.416 e. The molecule has 0 fully saturated rings. The molecular weight excluding hydrogens is 373 g/mol. The summed E-state index contributed by atoms with van der Waals surface area (Å²) in [4.78, 5) is 0. The van der Waals surface area contributed by atoms with Gasteiger partial charge in [0.25, 0.3) is 0 Å². The Hall–Kier alpha value is -2.95. The molecule has 0 atom stereocenters. The van der Waals surface area contributed by atoms with Gasteiger partial charge >= 0.3 is 16.3 Å². The van der Waals surface area contributed by atoms with E-state index in [1.165, 1.54) is 41.3 Å². The van der Waals surface area contributed by atoms with Crippen molar-refractivity contribution in [1.29, 1.82) is 0 Å². The number of halogens is 3. The van der Waals surface area contributed by atoms with Gasteiger partial charge in [0.1, 0.15) is 17.8 Å². The number of nitrogens with zero attached hydrogens (tertiary/aromatic N) is 4. The van der Waals surface area contributed by atoms with E-state index in [9.17, 15) is 21.6 Å². The van der Waals surface area contributed by atoms with Crippen LogP contribution in [0.15, 0.2) is 54.9 Å². The molecule has 136 valence electrons. The molecule has 26 heavy (non-hydrogen) atoms. The highest BCUT2D eigenvalue weighted by atomic mass is 32.2. The van der Waals surface area contributed by atoms with Crippen LogP contribution in [-0.4, -0.2) is 28.6 Å². The van der Waals surface area contributed by atoms with Gasteiger partial charge < -0.3 is 4.18 Å². The van der Waals surface area contributed by atoms with Gasteiger partial charge in [-0.05, 0) is 46.3 Å². The predicted molar refractivity (Wildman–Crippen MR) is 83.8 cm³/mol. The SMILES string of the molecule is O=S(=O)(Cc1cccc(C(F)(F)F)c1)Oc1ccc(-n2cnnn2)cc1. The maximum absolute atomic E-state index is 12.7. The zero-order valence-corrected chi connectivity index (χ0v) is 13.8. The quantitative estimate of drug-likeness (QED) is 0.629. The highest BCUT2D eigenvalue weighted by Crippen LogP contribution is 2.30. The maximum Gasteiger partial charge on any atom is 0.416 e. The van der Waals surface area contributed by atoms with E-state index in [4.69, 9.17) is 4.18 Å². The summed E-state index contributed by atoms with van der Waals surface area (Å²) in [7, 11) is -4.13. The summed E-state index contributed by atoms with van der Waals surface area (Å²) in [5.74, 6) is -0.667. The van der Waals surface area contributed by atoms with E-state index in [0.717, 1.165) is 18.2 Å². The van der Waals surface area contributed by atoms with Crippen LogP contribution in [0.2, 0.25) is 0 Å². The number of hydrogen-bond acceptors (Lipinski definition) is 6. The molecule has 0 spiro atoms. The molecule has 0 unspecified atom stereocenters. The van der Waals surface area contributed by atoms with Crippen LogP contribution >= 0.6 is 0 Å². The molecule has 1 aromatic heterocycles. The summed E-state index contributed by atoms with van der Waals surface area (Å²) in [5.41, 5.74) is -0.362. The zero-order chi connectivity index (χ0) is 18.8. The first kappa shape index (κ1) is 17.9. The molecule has 7 nitrogen and oxygen atoms in total. The number of tetrazole rings is 1. The van der Waals surface area contributed by atoms with Crippen LogP contribution in [-0.2, 0) is 22.0 Å². The van der Waals surface area contributed by atoms with Gasteiger partial charge in [0, 0.05) is 0 Å². The monoisotopic (exact) mass is 384 g/mol. The fourth-order valence-corrected chi connectivity index (χ4v) is 3.20. The molecule has 0 saturated heterocycles. The van der Waals surface area contributed by atoms with Crippen molar-refractivity contribution in [3.63, 3.8) is 0 Å². The summed E-state index contributed by atoms with van der Waals surface area (Å²) in [6.45, 7) is 0. The number of rotatable bonds is 5. The van der Waals surface area contributed by atoms with E-state index in [1.54, 1.807) is 0 Å². The molecule has 0 aliphatic heterocycles. The van der Waals surface area contributed by atoms with Gasteiger partial charge in [-0.3, -0.25) is 0 Å². The number of hydrogen-bond donors (Lipinski definition) is 0. The van der Waals surface area contributed by atoms with Crippen molar-refractivity contribution >= 4 is 10.1 Å². The lowest BCUT2D eigenvalue weighted by Crippen LogP contribution is -2.13. The second-order valence-electron chi connectivity index (χ2n) is 5.23. The summed E-state index contributed by atoms with van der Waals surface area (Å²) in [6.07, 6.45) is -3.19. The Morgan fingerprint density at radius 3 is 2.42 bits per heavy atom. The molecule has 0 N–H and O–H groups in total. The minimum Gasteiger partial charge on any atom is -0.382 e. The van der Waals surface area contributed by atoms with Gasteiger partial charge in [0.15, 0.2) is 0 Å². The van der Waals surface area contributed by atoms with Gasteiger partial charge in [0.05, 0.1) is 11.3 Å².